The molecule has 0 aliphatic carbocycles. The SMILES string of the molecule is CCCn1nc(C)c(CNC[C@@H](C)O)c1C. The maximum atomic E-state index is 9.18. The Kier molecular flexibility index (Phi) is 4.96. The average molecular weight is 225 g/mol. The zero-order chi connectivity index (χ0) is 12.1. The molecule has 4 heteroatoms. The van der Waals surface area contributed by atoms with E-state index in [9.17, 15) is 5.11 Å². The van der Waals surface area contributed by atoms with Crippen LogP contribution < -0.4 is 5.32 Å². The second-order valence-corrected chi connectivity index (χ2v) is 4.35. The van der Waals surface area contributed by atoms with Crippen LogP contribution in [-0.2, 0) is 13.1 Å². The molecule has 0 aliphatic heterocycles. The third kappa shape index (κ3) is 3.32. The molecule has 1 rings (SSSR count). The lowest BCUT2D eigenvalue weighted by molar-refractivity contribution is 0.191. The summed E-state index contributed by atoms with van der Waals surface area (Å²) in [5, 5.41) is 16.9. The lowest BCUT2D eigenvalue weighted by Crippen LogP contribution is -2.24. The Balaban J connectivity index is 2.64. The molecule has 0 spiro atoms. The highest BCUT2D eigenvalue weighted by atomic mass is 16.3. The molecule has 1 atom stereocenters. The third-order valence-electron chi connectivity index (χ3n) is 2.71. The molecule has 0 unspecified atom stereocenters. The van der Waals surface area contributed by atoms with Gasteiger partial charge in [-0.25, -0.2) is 0 Å². The first kappa shape index (κ1) is 13.2. The van der Waals surface area contributed by atoms with Crippen molar-refractivity contribution >= 4 is 0 Å². The largest absolute Gasteiger partial charge is 0.392 e. The van der Waals surface area contributed by atoms with E-state index in [4.69, 9.17) is 0 Å². The predicted octanol–water partition coefficient (Wildman–Crippen LogP) is 1.38. The maximum Gasteiger partial charge on any atom is 0.0641 e. The molecule has 2 N–H and O–H groups in total. The molecule has 92 valence electrons. The monoisotopic (exact) mass is 225 g/mol. The fraction of sp³-hybridized carbons (Fsp3) is 0.750. The summed E-state index contributed by atoms with van der Waals surface area (Å²) in [6.07, 6.45) is 0.800. The lowest BCUT2D eigenvalue weighted by Gasteiger charge is -2.07. The van der Waals surface area contributed by atoms with Crippen LogP contribution >= 0.6 is 0 Å². The van der Waals surface area contributed by atoms with Crippen molar-refractivity contribution < 1.29 is 5.11 Å². The molecular weight excluding hydrogens is 202 g/mol. The van der Waals surface area contributed by atoms with Gasteiger partial charge in [0, 0.05) is 30.9 Å². The number of nitrogens with zero attached hydrogens (tertiary/aromatic N) is 2. The lowest BCUT2D eigenvalue weighted by atomic mass is 10.2. The predicted molar refractivity (Wildman–Crippen MR) is 65.4 cm³/mol. The van der Waals surface area contributed by atoms with E-state index >= 15 is 0 Å². The minimum atomic E-state index is -0.300. The van der Waals surface area contributed by atoms with Crippen LogP contribution in [0.1, 0.15) is 37.2 Å². The summed E-state index contributed by atoms with van der Waals surface area (Å²) in [6.45, 7) is 10.5. The number of rotatable bonds is 6. The van der Waals surface area contributed by atoms with Crippen LogP contribution in [0.25, 0.3) is 0 Å². The van der Waals surface area contributed by atoms with E-state index in [0.29, 0.717) is 6.54 Å². The highest BCUT2D eigenvalue weighted by Crippen LogP contribution is 2.13. The van der Waals surface area contributed by atoms with Crippen molar-refractivity contribution in [3.05, 3.63) is 17.0 Å². The Hall–Kier alpha value is -0.870. The van der Waals surface area contributed by atoms with E-state index in [0.717, 1.165) is 25.2 Å². The van der Waals surface area contributed by atoms with Gasteiger partial charge in [0.05, 0.1) is 11.8 Å². The van der Waals surface area contributed by atoms with Crippen molar-refractivity contribution in [3.63, 3.8) is 0 Å². The number of hydrogen-bond acceptors (Lipinski definition) is 3. The van der Waals surface area contributed by atoms with Gasteiger partial charge >= 0.3 is 0 Å². The normalized spacial score (nSPS) is 13.1. The molecule has 0 saturated heterocycles. The Bertz CT molecular complexity index is 331. The van der Waals surface area contributed by atoms with Gasteiger partial charge in [0.1, 0.15) is 0 Å². The molecule has 0 aliphatic rings. The zero-order valence-electron chi connectivity index (χ0n) is 10.7. The van der Waals surface area contributed by atoms with Crippen molar-refractivity contribution in [2.45, 2.75) is 53.3 Å². The highest BCUT2D eigenvalue weighted by Gasteiger charge is 2.10. The molecule has 16 heavy (non-hydrogen) atoms. The number of aromatic nitrogens is 2. The minimum absolute atomic E-state index is 0.300. The fourth-order valence-electron chi connectivity index (χ4n) is 1.83. The molecule has 0 saturated carbocycles. The Morgan fingerprint density at radius 2 is 2.12 bits per heavy atom. The summed E-state index contributed by atoms with van der Waals surface area (Å²) in [7, 11) is 0. The standard InChI is InChI=1S/C12H23N3O/c1-5-6-15-11(4)12(10(3)14-15)8-13-7-9(2)16/h9,13,16H,5-8H2,1-4H3/t9-/m1/s1. The Morgan fingerprint density at radius 1 is 1.44 bits per heavy atom. The van der Waals surface area contributed by atoms with E-state index in [-0.39, 0.29) is 6.10 Å². The summed E-state index contributed by atoms with van der Waals surface area (Å²) < 4.78 is 2.06. The minimum Gasteiger partial charge on any atom is -0.392 e. The van der Waals surface area contributed by atoms with Gasteiger partial charge in [0.2, 0.25) is 0 Å². The van der Waals surface area contributed by atoms with E-state index in [1.807, 2.05) is 6.92 Å². The first-order chi connectivity index (χ1) is 7.56. The number of aliphatic hydroxyl groups excluding tert-OH is 1. The molecule has 0 bridgehead atoms. The number of aliphatic hydroxyl groups is 1. The van der Waals surface area contributed by atoms with E-state index in [1.165, 1.54) is 11.3 Å². The second-order valence-electron chi connectivity index (χ2n) is 4.35. The average Bonchev–Trinajstić information content (AvgIpc) is 2.45. The van der Waals surface area contributed by atoms with Crippen molar-refractivity contribution in [2.24, 2.45) is 0 Å². The Morgan fingerprint density at radius 3 is 2.69 bits per heavy atom. The van der Waals surface area contributed by atoms with Gasteiger partial charge < -0.3 is 10.4 Å². The van der Waals surface area contributed by atoms with E-state index in [2.05, 4.69) is 28.9 Å². The summed E-state index contributed by atoms with van der Waals surface area (Å²) in [6, 6.07) is 0. The number of nitrogens with one attached hydrogen (secondary N) is 1. The van der Waals surface area contributed by atoms with Crippen LogP contribution in [-0.4, -0.2) is 27.5 Å². The van der Waals surface area contributed by atoms with Gasteiger partial charge in [-0.2, -0.15) is 5.10 Å². The van der Waals surface area contributed by atoms with Gasteiger partial charge in [-0.05, 0) is 27.2 Å². The first-order valence-corrected chi connectivity index (χ1v) is 5.98. The topological polar surface area (TPSA) is 50.1 Å². The fourth-order valence-corrected chi connectivity index (χ4v) is 1.83. The summed E-state index contributed by atoms with van der Waals surface area (Å²) in [5.41, 5.74) is 3.58. The van der Waals surface area contributed by atoms with Crippen molar-refractivity contribution in [1.82, 2.24) is 15.1 Å². The van der Waals surface area contributed by atoms with Crippen LogP contribution in [0.2, 0.25) is 0 Å². The second kappa shape index (κ2) is 6.01. The molecule has 0 aromatic carbocycles. The van der Waals surface area contributed by atoms with Gasteiger partial charge in [-0.1, -0.05) is 6.92 Å². The third-order valence-corrected chi connectivity index (χ3v) is 2.71. The number of aryl methyl sites for hydroxylation is 2. The van der Waals surface area contributed by atoms with Gasteiger partial charge in [0.15, 0.2) is 0 Å². The molecule has 4 nitrogen and oxygen atoms in total. The molecular formula is C12H23N3O. The molecule has 1 heterocycles. The summed E-state index contributed by atoms with van der Waals surface area (Å²) in [4.78, 5) is 0. The molecule has 0 amide bonds. The quantitative estimate of drug-likeness (QED) is 0.769. The van der Waals surface area contributed by atoms with E-state index < -0.39 is 0 Å². The van der Waals surface area contributed by atoms with E-state index in [1.54, 1.807) is 6.92 Å². The molecule has 1 aromatic rings. The molecule has 0 fully saturated rings. The smallest absolute Gasteiger partial charge is 0.0641 e. The summed E-state index contributed by atoms with van der Waals surface area (Å²) in [5.74, 6) is 0. The molecule has 0 radical (unpaired) electrons. The zero-order valence-corrected chi connectivity index (χ0v) is 10.7. The highest BCUT2D eigenvalue weighted by molar-refractivity contribution is 5.24. The van der Waals surface area contributed by atoms with Gasteiger partial charge in [-0.15, -0.1) is 0 Å². The Labute approximate surface area is 97.7 Å². The first-order valence-electron chi connectivity index (χ1n) is 5.98. The van der Waals surface area contributed by atoms with Crippen LogP contribution in [0, 0.1) is 13.8 Å². The van der Waals surface area contributed by atoms with Crippen LogP contribution in [0.4, 0.5) is 0 Å². The van der Waals surface area contributed by atoms with Crippen molar-refractivity contribution in [1.29, 1.82) is 0 Å². The van der Waals surface area contributed by atoms with Crippen LogP contribution in [0.5, 0.6) is 0 Å². The number of hydrogen-bond donors (Lipinski definition) is 2. The van der Waals surface area contributed by atoms with Gasteiger partial charge in [-0.3, -0.25) is 4.68 Å². The van der Waals surface area contributed by atoms with Crippen molar-refractivity contribution in [3.8, 4) is 0 Å². The molecule has 1 aromatic heterocycles. The summed E-state index contributed by atoms with van der Waals surface area (Å²) >= 11 is 0. The van der Waals surface area contributed by atoms with Crippen molar-refractivity contribution in [2.75, 3.05) is 6.54 Å². The van der Waals surface area contributed by atoms with Crippen LogP contribution in [0.3, 0.4) is 0 Å². The maximum absolute atomic E-state index is 9.18. The van der Waals surface area contributed by atoms with Crippen LogP contribution in [0.15, 0.2) is 0 Å². The van der Waals surface area contributed by atoms with Gasteiger partial charge in [0.25, 0.3) is 0 Å².